The molecule has 2 aliphatic heterocycles. The lowest BCUT2D eigenvalue weighted by Crippen LogP contribution is -2.39. The van der Waals surface area contributed by atoms with Gasteiger partial charge in [-0.3, -0.25) is 5.01 Å². The van der Waals surface area contributed by atoms with E-state index in [1.54, 1.807) is 7.11 Å². The molecule has 0 bridgehead atoms. The molecule has 0 fully saturated rings. The van der Waals surface area contributed by atoms with E-state index in [4.69, 9.17) is 26.2 Å². The van der Waals surface area contributed by atoms with Crippen molar-refractivity contribution in [2.24, 2.45) is 5.10 Å². The molecule has 4 rings (SSSR count). The summed E-state index contributed by atoms with van der Waals surface area (Å²) in [5.74, 6) is 1.63. The van der Waals surface area contributed by atoms with Crippen LogP contribution in [0.15, 0.2) is 47.6 Å². The molecule has 24 heavy (non-hydrogen) atoms. The molecule has 0 aliphatic carbocycles. The Balaban J connectivity index is 1.74. The number of methoxy groups -OCH3 is 1. The van der Waals surface area contributed by atoms with Crippen LogP contribution in [0.25, 0.3) is 0 Å². The Kier molecular flexibility index (Phi) is 3.85. The van der Waals surface area contributed by atoms with E-state index in [1.165, 1.54) is 0 Å². The van der Waals surface area contributed by atoms with E-state index < -0.39 is 0 Å². The number of ether oxygens (including phenoxy) is 2. The van der Waals surface area contributed by atoms with Crippen molar-refractivity contribution in [2.45, 2.75) is 32.0 Å². The monoisotopic (exact) mass is 342 g/mol. The normalized spacial score (nSPS) is 21.6. The minimum absolute atomic E-state index is 0.0800. The van der Waals surface area contributed by atoms with Crippen LogP contribution in [-0.4, -0.2) is 24.1 Å². The van der Waals surface area contributed by atoms with Gasteiger partial charge >= 0.3 is 0 Å². The predicted molar refractivity (Wildman–Crippen MR) is 94.9 cm³/mol. The third kappa shape index (κ3) is 2.42. The van der Waals surface area contributed by atoms with E-state index in [1.807, 2.05) is 36.4 Å². The molecule has 0 unspecified atom stereocenters. The van der Waals surface area contributed by atoms with Gasteiger partial charge in [0.15, 0.2) is 17.7 Å². The molecule has 2 heterocycles. The highest BCUT2D eigenvalue weighted by molar-refractivity contribution is 6.30. The second-order valence-corrected chi connectivity index (χ2v) is 6.45. The molecule has 124 valence electrons. The van der Waals surface area contributed by atoms with Crippen LogP contribution in [0, 0.1) is 0 Å². The van der Waals surface area contributed by atoms with Gasteiger partial charge in [0.05, 0.1) is 18.9 Å². The molecule has 2 aromatic carbocycles. The zero-order valence-corrected chi connectivity index (χ0v) is 14.5. The minimum atomic E-state index is -0.0800. The van der Waals surface area contributed by atoms with E-state index in [0.29, 0.717) is 0 Å². The first-order valence-electron chi connectivity index (χ1n) is 8.16. The number of hydrogen-bond donors (Lipinski definition) is 0. The summed E-state index contributed by atoms with van der Waals surface area (Å²) in [5, 5.41) is 7.68. The molecule has 5 heteroatoms. The summed E-state index contributed by atoms with van der Waals surface area (Å²) in [6.07, 6.45) is 1.62. The fourth-order valence-corrected chi connectivity index (χ4v) is 3.53. The summed E-state index contributed by atoms with van der Waals surface area (Å²) in [6.45, 7) is 2.11. The van der Waals surface area contributed by atoms with Gasteiger partial charge in [0.1, 0.15) is 0 Å². The molecule has 0 amide bonds. The van der Waals surface area contributed by atoms with Gasteiger partial charge in [0, 0.05) is 23.4 Å². The van der Waals surface area contributed by atoms with Crippen LogP contribution in [0.3, 0.4) is 0 Å². The number of hydrazone groups is 1. The van der Waals surface area contributed by atoms with Gasteiger partial charge in [0.2, 0.25) is 0 Å². The maximum atomic E-state index is 6.19. The molecule has 4 nitrogen and oxygen atoms in total. The van der Waals surface area contributed by atoms with E-state index in [-0.39, 0.29) is 12.3 Å². The standard InChI is InChI=1S/C19H19ClN2O2/c1-3-18-22-16(14-5-4-6-17(23-2)19(14)24-18)11-15(21-22)12-7-9-13(20)10-8-12/h4-10,16,18H,3,11H2,1-2H3/t16-,18-/m1/s1. The Hall–Kier alpha value is -2.20. The highest BCUT2D eigenvalue weighted by Gasteiger charge is 2.40. The molecule has 0 saturated carbocycles. The van der Waals surface area contributed by atoms with Crippen LogP contribution in [-0.2, 0) is 0 Å². The lowest BCUT2D eigenvalue weighted by molar-refractivity contribution is -0.0206. The van der Waals surface area contributed by atoms with E-state index in [9.17, 15) is 0 Å². The van der Waals surface area contributed by atoms with Crippen LogP contribution >= 0.6 is 11.6 Å². The van der Waals surface area contributed by atoms with E-state index in [0.717, 1.165) is 46.2 Å². The van der Waals surface area contributed by atoms with Gasteiger partial charge in [-0.1, -0.05) is 42.8 Å². The van der Waals surface area contributed by atoms with Crippen LogP contribution in [0.1, 0.15) is 36.9 Å². The summed E-state index contributed by atoms with van der Waals surface area (Å²) in [6, 6.07) is 14.1. The average Bonchev–Trinajstić information content (AvgIpc) is 3.06. The summed E-state index contributed by atoms with van der Waals surface area (Å²) in [7, 11) is 1.68. The van der Waals surface area contributed by atoms with Crippen LogP contribution in [0.4, 0.5) is 0 Å². The molecular formula is C19H19ClN2O2. The summed E-state index contributed by atoms with van der Waals surface area (Å²) >= 11 is 6.00. The van der Waals surface area contributed by atoms with Gasteiger partial charge < -0.3 is 9.47 Å². The van der Waals surface area contributed by atoms with E-state index >= 15 is 0 Å². The smallest absolute Gasteiger partial charge is 0.187 e. The second kappa shape index (κ2) is 6.02. The Morgan fingerprint density at radius 1 is 1.25 bits per heavy atom. The molecular weight excluding hydrogens is 324 g/mol. The number of rotatable bonds is 3. The van der Waals surface area contributed by atoms with Crippen molar-refractivity contribution in [3.63, 3.8) is 0 Å². The topological polar surface area (TPSA) is 34.1 Å². The van der Waals surface area contributed by atoms with Crippen molar-refractivity contribution in [3.05, 3.63) is 58.6 Å². The van der Waals surface area contributed by atoms with Gasteiger partial charge in [0.25, 0.3) is 0 Å². The van der Waals surface area contributed by atoms with Crippen molar-refractivity contribution in [1.29, 1.82) is 0 Å². The molecule has 0 radical (unpaired) electrons. The zero-order chi connectivity index (χ0) is 16.7. The average molecular weight is 343 g/mol. The zero-order valence-electron chi connectivity index (χ0n) is 13.7. The fraction of sp³-hybridized carbons (Fsp3) is 0.316. The summed E-state index contributed by atoms with van der Waals surface area (Å²) in [5.41, 5.74) is 3.30. The van der Waals surface area contributed by atoms with Gasteiger partial charge in [-0.15, -0.1) is 0 Å². The Morgan fingerprint density at radius 2 is 2.04 bits per heavy atom. The molecule has 0 aromatic heterocycles. The lowest BCUT2D eigenvalue weighted by atomic mass is 9.96. The third-order valence-corrected chi connectivity index (χ3v) is 4.86. The fourth-order valence-electron chi connectivity index (χ4n) is 3.40. The number of para-hydroxylation sites is 1. The van der Waals surface area contributed by atoms with Crippen molar-refractivity contribution in [1.82, 2.24) is 5.01 Å². The van der Waals surface area contributed by atoms with Crippen molar-refractivity contribution in [3.8, 4) is 11.5 Å². The SMILES string of the molecule is CC[C@H]1Oc2c(OC)cccc2[C@H]2CC(c3ccc(Cl)cc3)=NN21. The largest absolute Gasteiger partial charge is 0.493 e. The molecule has 0 saturated heterocycles. The molecule has 2 aromatic rings. The quantitative estimate of drug-likeness (QED) is 0.815. The first kappa shape index (κ1) is 15.3. The highest BCUT2D eigenvalue weighted by atomic mass is 35.5. The van der Waals surface area contributed by atoms with Gasteiger partial charge in [-0.2, -0.15) is 5.10 Å². The van der Waals surface area contributed by atoms with E-state index in [2.05, 4.69) is 18.0 Å². The van der Waals surface area contributed by atoms with Crippen molar-refractivity contribution >= 4 is 17.3 Å². The lowest BCUT2D eigenvalue weighted by Gasteiger charge is -2.38. The molecule has 0 N–H and O–H groups in total. The first-order chi connectivity index (χ1) is 11.7. The Bertz CT molecular complexity index is 788. The number of hydrogen-bond acceptors (Lipinski definition) is 4. The molecule has 0 spiro atoms. The van der Waals surface area contributed by atoms with Crippen LogP contribution < -0.4 is 9.47 Å². The number of fused-ring (bicyclic) bond motifs is 3. The number of halogens is 1. The highest BCUT2D eigenvalue weighted by Crippen LogP contribution is 2.47. The maximum Gasteiger partial charge on any atom is 0.187 e. The second-order valence-electron chi connectivity index (χ2n) is 6.01. The van der Waals surface area contributed by atoms with Crippen LogP contribution in [0.2, 0.25) is 5.02 Å². The molecule has 2 atom stereocenters. The van der Waals surface area contributed by atoms with Gasteiger partial charge in [-0.05, 0) is 23.8 Å². The van der Waals surface area contributed by atoms with Crippen LogP contribution in [0.5, 0.6) is 11.5 Å². The van der Waals surface area contributed by atoms with Crippen molar-refractivity contribution < 1.29 is 9.47 Å². The summed E-state index contributed by atoms with van der Waals surface area (Å²) < 4.78 is 11.7. The van der Waals surface area contributed by atoms with Gasteiger partial charge in [-0.25, -0.2) is 0 Å². The predicted octanol–water partition coefficient (Wildman–Crippen LogP) is 4.63. The summed E-state index contributed by atoms with van der Waals surface area (Å²) in [4.78, 5) is 0. The Labute approximate surface area is 146 Å². The van der Waals surface area contributed by atoms with Crippen molar-refractivity contribution in [2.75, 3.05) is 7.11 Å². The minimum Gasteiger partial charge on any atom is -0.493 e. The number of nitrogens with zero attached hydrogens (tertiary/aromatic N) is 2. The maximum absolute atomic E-state index is 6.19. The number of benzene rings is 2. The third-order valence-electron chi connectivity index (χ3n) is 4.61. The molecule has 2 aliphatic rings. The Morgan fingerprint density at radius 3 is 2.75 bits per heavy atom. The first-order valence-corrected chi connectivity index (χ1v) is 8.54.